The average molecular weight is 494 g/mol. The first-order valence-electron chi connectivity index (χ1n) is 10.1. The van der Waals surface area contributed by atoms with Crippen molar-refractivity contribution in [1.82, 2.24) is 9.97 Å². The lowest BCUT2D eigenvalue weighted by molar-refractivity contribution is -0.176. The Morgan fingerprint density at radius 1 is 1.15 bits per heavy atom. The molecule has 3 heterocycles. The summed E-state index contributed by atoms with van der Waals surface area (Å²) < 4.78 is 47.9. The van der Waals surface area contributed by atoms with Gasteiger partial charge >= 0.3 is 0 Å². The van der Waals surface area contributed by atoms with E-state index >= 15 is 0 Å². The van der Waals surface area contributed by atoms with E-state index in [9.17, 15) is 23.4 Å². The molecule has 3 aromatic rings. The van der Waals surface area contributed by atoms with E-state index < -0.39 is 33.2 Å². The Hall–Kier alpha value is -3.09. The number of rotatable bonds is 5. The maximum absolute atomic E-state index is 15.0. The molecule has 0 saturated heterocycles. The number of amidine groups is 1. The number of ether oxygens (including phenoxy) is 1. The summed E-state index contributed by atoms with van der Waals surface area (Å²) in [6, 6.07) is 6.70. The number of anilines is 2. The Morgan fingerprint density at radius 3 is 2.56 bits per heavy atom. The zero-order chi connectivity index (χ0) is 24.9. The number of hydrogen-bond acceptors (Lipinski definition) is 9. The molecule has 0 bridgehead atoms. The molecule has 1 aliphatic rings. The topological polar surface area (TPSA) is 126 Å². The first kappa shape index (κ1) is 24.0. The molecule has 1 aliphatic heterocycles. The summed E-state index contributed by atoms with van der Waals surface area (Å²) in [4.78, 5) is 12.3. The molecule has 1 aromatic carbocycles. The lowest BCUT2D eigenvalue weighted by Gasteiger charge is -2.47. The van der Waals surface area contributed by atoms with Crippen LogP contribution in [0.3, 0.4) is 0 Å². The molecule has 1 atom stereocenters. The molecule has 0 spiro atoms. The summed E-state index contributed by atoms with van der Waals surface area (Å²) in [5, 5.41) is 21.9. The number of nitrogens with zero attached hydrogens (tertiary/aromatic N) is 3. The van der Waals surface area contributed by atoms with Crippen molar-refractivity contribution < 1.29 is 28.1 Å². The van der Waals surface area contributed by atoms with Crippen LogP contribution >= 0.6 is 11.8 Å². The average Bonchev–Trinajstić information content (AvgIpc) is 2.76. The van der Waals surface area contributed by atoms with Crippen molar-refractivity contribution >= 4 is 40.0 Å². The fourth-order valence-electron chi connectivity index (χ4n) is 3.70. The second-order valence-electron chi connectivity index (χ2n) is 8.21. The predicted octanol–water partition coefficient (Wildman–Crippen LogP) is 3.50. The number of hydrogen-bond donors (Lipinski definition) is 4. The number of aromatic nitrogens is 2. The SMILES string of the molecule is COc1cnc2c(Nc3ccc(F)c([C@@]4(C(F)F)N=C(N)C(C)(C)SC4(O)O)c3)nccc2c1. The lowest BCUT2D eigenvalue weighted by atomic mass is 9.87. The fourth-order valence-corrected chi connectivity index (χ4v) is 4.96. The van der Waals surface area contributed by atoms with Crippen molar-refractivity contribution in [1.29, 1.82) is 0 Å². The van der Waals surface area contributed by atoms with E-state index in [4.69, 9.17) is 10.5 Å². The van der Waals surface area contributed by atoms with Crippen LogP contribution in [0.25, 0.3) is 10.9 Å². The minimum atomic E-state index is -3.50. The highest BCUT2D eigenvalue weighted by Gasteiger charge is 2.64. The number of fused-ring (bicyclic) bond motifs is 1. The van der Waals surface area contributed by atoms with E-state index in [2.05, 4.69) is 20.3 Å². The Kier molecular flexibility index (Phi) is 5.86. The molecule has 0 aliphatic carbocycles. The van der Waals surface area contributed by atoms with Crippen LogP contribution in [0, 0.1) is 5.82 Å². The van der Waals surface area contributed by atoms with E-state index in [0.717, 1.165) is 12.1 Å². The van der Waals surface area contributed by atoms with E-state index in [1.165, 1.54) is 39.4 Å². The van der Waals surface area contributed by atoms with Gasteiger partial charge in [-0.25, -0.2) is 28.1 Å². The van der Waals surface area contributed by atoms with Gasteiger partial charge < -0.3 is 26.0 Å². The van der Waals surface area contributed by atoms with Gasteiger partial charge in [-0.3, -0.25) is 0 Å². The smallest absolute Gasteiger partial charge is 0.273 e. The highest BCUT2D eigenvalue weighted by molar-refractivity contribution is 8.02. The molecule has 0 saturated carbocycles. The minimum Gasteiger partial charge on any atom is -0.495 e. The highest BCUT2D eigenvalue weighted by atomic mass is 32.2. The van der Waals surface area contributed by atoms with Gasteiger partial charge in [-0.1, -0.05) is 11.8 Å². The summed E-state index contributed by atoms with van der Waals surface area (Å²) in [6.07, 6.45) is -0.505. The van der Waals surface area contributed by atoms with Gasteiger partial charge in [-0.05, 0) is 44.2 Å². The van der Waals surface area contributed by atoms with Gasteiger partial charge in [-0.15, -0.1) is 0 Å². The Bertz CT molecular complexity index is 1290. The third kappa shape index (κ3) is 3.81. The predicted molar refractivity (Wildman–Crippen MR) is 124 cm³/mol. The van der Waals surface area contributed by atoms with Gasteiger partial charge in [-0.2, -0.15) is 0 Å². The normalized spacial score (nSPS) is 21.4. The molecule has 34 heavy (non-hydrogen) atoms. The van der Waals surface area contributed by atoms with Crippen LogP contribution in [-0.4, -0.2) is 49.4 Å². The number of methoxy groups -OCH3 is 1. The van der Waals surface area contributed by atoms with Crippen molar-refractivity contribution in [2.45, 2.75) is 35.7 Å². The summed E-state index contributed by atoms with van der Waals surface area (Å²) >= 11 is 0.362. The van der Waals surface area contributed by atoms with E-state index in [0.29, 0.717) is 28.4 Å². The molecule has 180 valence electrons. The van der Waals surface area contributed by atoms with Crippen molar-refractivity contribution in [3.63, 3.8) is 0 Å². The molecule has 5 N–H and O–H groups in total. The van der Waals surface area contributed by atoms with Gasteiger partial charge in [0, 0.05) is 22.8 Å². The molecule has 12 heteroatoms. The number of nitrogens with two attached hydrogens (primary N) is 1. The first-order valence-corrected chi connectivity index (χ1v) is 10.9. The molecule has 0 fully saturated rings. The van der Waals surface area contributed by atoms with E-state index in [-0.39, 0.29) is 17.3 Å². The number of benzene rings is 1. The van der Waals surface area contributed by atoms with Gasteiger partial charge in [0.2, 0.25) is 5.54 Å². The van der Waals surface area contributed by atoms with Crippen molar-refractivity contribution in [3.05, 3.63) is 54.1 Å². The fraction of sp³-hybridized carbons (Fsp3) is 0.318. The number of aliphatic hydroxyl groups is 2. The number of nitrogens with one attached hydrogen (secondary N) is 1. The molecule has 4 rings (SSSR count). The lowest BCUT2D eigenvalue weighted by Crippen LogP contribution is -2.61. The third-order valence-electron chi connectivity index (χ3n) is 5.57. The maximum atomic E-state index is 15.0. The second-order valence-corrected chi connectivity index (χ2v) is 10.0. The maximum Gasteiger partial charge on any atom is 0.273 e. The largest absolute Gasteiger partial charge is 0.495 e. The Morgan fingerprint density at radius 2 is 1.88 bits per heavy atom. The molecule has 8 nitrogen and oxygen atoms in total. The molecular formula is C22H22F3N5O3S. The van der Waals surface area contributed by atoms with Crippen LogP contribution in [-0.2, 0) is 5.54 Å². The van der Waals surface area contributed by atoms with Gasteiger partial charge in [0.15, 0.2) is 5.82 Å². The number of pyridine rings is 2. The minimum absolute atomic E-state index is 0.147. The van der Waals surface area contributed by atoms with Crippen LogP contribution in [0.15, 0.2) is 47.7 Å². The molecule has 0 unspecified atom stereocenters. The highest BCUT2D eigenvalue weighted by Crippen LogP contribution is 2.54. The second kappa shape index (κ2) is 8.29. The quantitative estimate of drug-likeness (QED) is 0.398. The third-order valence-corrected chi connectivity index (χ3v) is 6.89. The van der Waals surface area contributed by atoms with E-state index in [1.54, 1.807) is 12.1 Å². The molecule has 0 amide bonds. The molecule has 2 aromatic heterocycles. The number of alkyl halides is 2. The molecule has 0 radical (unpaired) electrons. The van der Waals surface area contributed by atoms with Crippen LogP contribution in [0.1, 0.15) is 19.4 Å². The monoisotopic (exact) mass is 493 g/mol. The molecular weight excluding hydrogens is 471 g/mol. The van der Waals surface area contributed by atoms with Crippen molar-refractivity contribution in [3.8, 4) is 5.75 Å². The van der Waals surface area contributed by atoms with Crippen LogP contribution < -0.4 is 15.8 Å². The number of halogens is 3. The number of aliphatic imine (C=N–C) groups is 1. The van der Waals surface area contributed by atoms with Crippen LogP contribution in [0.4, 0.5) is 24.7 Å². The number of thioether (sulfide) groups is 1. The Labute approximate surface area is 197 Å². The van der Waals surface area contributed by atoms with Crippen molar-refractivity contribution in [2.24, 2.45) is 10.7 Å². The summed E-state index contributed by atoms with van der Waals surface area (Å²) in [5.41, 5.74) is 2.68. The van der Waals surface area contributed by atoms with Crippen LogP contribution in [0.2, 0.25) is 0 Å². The van der Waals surface area contributed by atoms with Crippen molar-refractivity contribution in [2.75, 3.05) is 12.4 Å². The van der Waals surface area contributed by atoms with Gasteiger partial charge in [0.1, 0.15) is 22.9 Å². The zero-order valence-electron chi connectivity index (χ0n) is 18.4. The van der Waals surface area contributed by atoms with Gasteiger partial charge in [0.25, 0.3) is 11.5 Å². The Balaban J connectivity index is 1.84. The summed E-state index contributed by atoms with van der Waals surface area (Å²) in [5.74, 6) is -0.583. The summed E-state index contributed by atoms with van der Waals surface area (Å²) in [7, 11) is 1.50. The van der Waals surface area contributed by atoms with Gasteiger partial charge in [0.05, 0.1) is 18.1 Å². The van der Waals surface area contributed by atoms with E-state index in [1.807, 2.05) is 0 Å². The summed E-state index contributed by atoms with van der Waals surface area (Å²) in [6.45, 7) is 2.99. The zero-order valence-corrected chi connectivity index (χ0v) is 19.2. The standard InChI is InChI=1S/C22H22F3N5O3S/c1-20(2)19(26)30-21(18(24)25,22(31,32)34-20)14-9-12(4-5-15(14)23)29-17-16-11(6-7-27-17)8-13(33-3)10-28-16/h4-10,18,31-32H,1-3H3,(H2,26,30)(H,27,29)/t21-/m0/s1. The first-order chi connectivity index (χ1) is 15.9. The van der Waals surface area contributed by atoms with Crippen LogP contribution in [0.5, 0.6) is 5.75 Å².